The molecule has 0 radical (unpaired) electrons. The van der Waals surface area contributed by atoms with Crippen LogP contribution in [0.1, 0.15) is 18.9 Å². The SMILES string of the molecule is CCNCc1cnc(OCC2CCOC2)c2ccccc12. The average molecular weight is 286 g/mol. The normalized spacial score (nSPS) is 18.2. The van der Waals surface area contributed by atoms with Gasteiger partial charge in [0.25, 0.3) is 0 Å². The Kier molecular flexibility index (Phi) is 4.68. The number of hydrogen-bond acceptors (Lipinski definition) is 4. The predicted molar refractivity (Wildman–Crippen MR) is 83.5 cm³/mol. The molecule has 21 heavy (non-hydrogen) atoms. The number of nitrogens with zero attached hydrogens (tertiary/aromatic N) is 1. The third-order valence-electron chi connectivity index (χ3n) is 3.89. The van der Waals surface area contributed by atoms with Gasteiger partial charge >= 0.3 is 0 Å². The molecule has 1 aliphatic rings. The summed E-state index contributed by atoms with van der Waals surface area (Å²) in [5.74, 6) is 1.23. The summed E-state index contributed by atoms with van der Waals surface area (Å²) in [6.07, 6.45) is 3.00. The fourth-order valence-corrected chi connectivity index (χ4v) is 2.65. The third-order valence-corrected chi connectivity index (χ3v) is 3.89. The van der Waals surface area contributed by atoms with E-state index in [4.69, 9.17) is 9.47 Å². The number of fused-ring (bicyclic) bond motifs is 1. The fourth-order valence-electron chi connectivity index (χ4n) is 2.65. The number of rotatable bonds is 6. The molecule has 1 saturated heterocycles. The van der Waals surface area contributed by atoms with Crippen molar-refractivity contribution in [3.8, 4) is 5.88 Å². The van der Waals surface area contributed by atoms with Gasteiger partial charge in [-0.3, -0.25) is 0 Å². The molecule has 1 fully saturated rings. The zero-order valence-corrected chi connectivity index (χ0v) is 12.5. The fraction of sp³-hybridized carbons (Fsp3) is 0.471. The Bertz CT molecular complexity index is 594. The van der Waals surface area contributed by atoms with Gasteiger partial charge in [-0.2, -0.15) is 0 Å². The van der Waals surface area contributed by atoms with Crippen molar-refractivity contribution in [1.82, 2.24) is 10.3 Å². The highest BCUT2D eigenvalue weighted by Crippen LogP contribution is 2.27. The summed E-state index contributed by atoms with van der Waals surface area (Å²) >= 11 is 0. The number of nitrogens with one attached hydrogen (secondary N) is 1. The molecule has 0 spiro atoms. The summed E-state index contributed by atoms with van der Waals surface area (Å²) in [6.45, 7) is 6.23. The topological polar surface area (TPSA) is 43.4 Å². The Balaban J connectivity index is 1.81. The van der Waals surface area contributed by atoms with Gasteiger partial charge in [0.2, 0.25) is 5.88 Å². The molecule has 1 aliphatic heterocycles. The molecule has 112 valence electrons. The van der Waals surface area contributed by atoms with Crippen molar-refractivity contribution in [3.05, 3.63) is 36.0 Å². The lowest BCUT2D eigenvalue weighted by molar-refractivity contribution is 0.166. The summed E-state index contributed by atoms with van der Waals surface area (Å²) in [7, 11) is 0. The first kappa shape index (κ1) is 14.3. The number of aromatic nitrogens is 1. The molecule has 1 N–H and O–H groups in total. The molecule has 4 heteroatoms. The quantitative estimate of drug-likeness (QED) is 0.887. The lowest BCUT2D eigenvalue weighted by atomic mass is 10.1. The van der Waals surface area contributed by atoms with Crippen LogP contribution < -0.4 is 10.1 Å². The predicted octanol–water partition coefficient (Wildman–Crippen LogP) is 2.76. The maximum Gasteiger partial charge on any atom is 0.221 e. The molecule has 4 nitrogen and oxygen atoms in total. The van der Waals surface area contributed by atoms with Crippen LogP contribution in [0.4, 0.5) is 0 Å². The average Bonchev–Trinajstić information content (AvgIpc) is 3.04. The second-order valence-electron chi connectivity index (χ2n) is 5.46. The molecule has 0 amide bonds. The molecular formula is C17H22N2O2. The molecular weight excluding hydrogens is 264 g/mol. The van der Waals surface area contributed by atoms with E-state index in [2.05, 4.69) is 35.4 Å². The number of hydrogen-bond donors (Lipinski definition) is 1. The summed E-state index contributed by atoms with van der Waals surface area (Å²) in [5, 5.41) is 5.66. The van der Waals surface area contributed by atoms with Crippen LogP contribution in [-0.4, -0.2) is 31.3 Å². The molecule has 2 heterocycles. The maximum atomic E-state index is 5.95. The minimum absolute atomic E-state index is 0.493. The van der Waals surface area contributed by atoms with Crippen molar-refractivity contribution in [3.63, 3.8) is 0 Å². The Morgan fingerprint density at radius 1 is 1.33 bits per heavy atom. The van der Waals surface area contributed by atoms with Crippen LogP contribution >= 0.6 is 0 Å². The first-order valence-electron chi connectivity index (χ1n) is 7.66. The molecule has 0 bridgehead atoms. The van der Waals surface area contributed by atoms with Gasteiger partial charge in [-0.1, -0.05) is 25.1 Å². The van der Waals surface area contributed by atoms with E-state index in [0.29, 0.717) is 12.5 Å². The zero-order chi connectivity index (χ0) is 14.5. The first-order valence-corrected chi connectivity index (χ1v) is 7.66. The minimum atomic E-state index is 0.493. The Hall–Kier alpha value is -1.65. The van der Waals surface area contributed by atoms with Crippen molar-refractivity contribution in [2.45, 2.75) is 19.9 Å². The third kappa shape index (κ3) is 3.34. The molecule has 1 unspecified atom stereocenters. The Morgan fingerprint density at radius 2 is 2.19 bits per heavy atom. The van der Waals surface area contributed by atoms with Crippen LogP contribution in [0.25, 0.3) is 10.8 Å². The van der Waals surface area contributed by atoms with E-state index < -0.39 is 0 Å². The first-order chi connectivity index (χ1) is 10.4. The molecule has 1 aromatic heterocycles. The van der Waals surface area contributed by atoms with Crippen LogP contribution in [0, 0.1) is 5.92 Å². The highest BCUT2D eigenvalue weighted by molar-refractivity contribution is 5.89. The number of ether oxygens (including phenoxy) is 2. The van der Waals surface area contributed by atoms with E-state index >= 15 is 0 Å². The molecule has 0 saturated carbocycles. The van der Waals surface area contributed by atoms with Gasteiger partial charge < -0.3 is 14.8 Å². The van der Waals surface area contributed by atoms with Gasteiger partial charge in [-0.25, -0.2) is 4.98 Å². The number of benzene rings is 1. The Labute approximate surface area is 125 Å². The maximum absolute atomic E-state index is 5.95. The van der Waals surface area contributed by atoms with Crippen LogP contribution in [0.2, 0.25) is 0 Å². The second kappa shape index (κ2) is 6.87. The monoisotopic (exact) mass is 286 g/mol. The van der Waals surface area contributed by atoms with Gasteiger partial charge in [0.05, 0.1) is 13.2 Å². The lowest BCUT2D eigenvalue weighted by Gasteiger charge is -2.13. The molecule has 3 rings (SSSR count). The smallest absolute Gasteiger partial charge is 0.221 e. The summed E-state index contributed by atoms with van der Waals surface area (Å²) < 4.78 is 11.3. The summed E-state index contributed by atoms with van der Waals surface area (Å²) in [4.78, 5) is 4.52. The van der Waals surface area contributed by atoms with Crippen molar-refractivity contribution in [2.24, 2.45) is 5.92 Å². The highest BCUT2D eigenvalue weighted by Gasteiger charge is 2.17. The minimum Gasteiger partial charge on any atom is -0.477 e. The van der Waals surface area contributed by atoms with Crippen LogP contribution in [0.5, 0.6) is 5.88 Å². The lowest BCUT2D eigenvalue weighted by Crippen LogP contribution is -2.14. The molecule has 2 aromatic rings. The standard InChI is InChI=1S/C17H22N2O2/c1-2-18-9-14-10-19-17(16-6-4-3-5-15(14)16)21-12-13-7-8-20-11-13/h3-6,10,13,18H,2,7-9,11-12H2,1H3. The molecule has 0 aliphatic carbocycles. The van der Waals surface area contributed by atoms with Gasteiger partial charge in [-0.05, 0) is 30.0 Å². The van der Waals surface area contributed by atoms with Crippen LogP contribution in [0.15, 0.2) is 30.5 Å². The van der Waals surface area contributed by atoms with Crippen molar-refractivity contribution >= 4 is 10.8 Å². The van der Waals surface area contributed by atoms with Gasteiger partial charge in [0.1, 0.15) is 0 Å². The second-order valence-corrected chi connectivity index (χ2v) is 5.46. The van der Waals surface area contributed by atoms with E-state index in [0.717, 1.165) is 44.0 Å². The van der Waals surface area contributed by atoms with Crippen LogP contribution in [-0.2, 0) is 11.3 Å². The van der Waals surface area contributed by atoms with Crippen LogP contribution in [0.3, 0.4) is 0 Å². The van der Waals surface area contributed by atoms with E-state index in [9.17, 15) is 0 Å². The van der Waals surface area contributed by atoms with E-state index in [1.165, 1.54) is 10.9 Å². The van der Waals surface area contributed by atoms with E-state index in [1.807, 2.05) is 12.3 Å². The van der Waals surface area contributed by atoms with E-state index in [-0.39, 0.29) is 0 Å². The highest BCUT2D eigenvalue weighted by atomic mass is 16.5. The van der Waals surface area contributed by atoms with Crippen molar-refractivity contribution in [2.75, 3.05) is 26.4 Å². The molecule has 1 atom stereocenters. The summed E-state index contributed by atoms with van der Waals surface area (Å²) in [5.41, 5.74) is 1.21. The largest absolute Gasteiger partial charge is 0.477 e. The molecule has 1 aromatic carbocycles. The van der Waals surface area contributed by atoms with Crippen molar-refractivity contribution in [1.29, 1.82) is 0 Å². The summed E-state index contributed by atoms with van der Waals surface area (Å²) in [6, 6.07) is 8.31. The van der Waals surface area contributed by atoms with E-state index in [1.54, 1.807) is 0 Å². The van der Waals surface area contributed by atoms with Gasteiger partial charge in [0, 0.05) is 30.7 Å². The Morgan fingerprint density at radius 3 is 2.95 bits per heavy atom. The zero-order valence-electron chi connectivity index (χ0n) is 12.5. The van der Waals surface area contributed by atoms with Gasteiger partial charge in [-0.15, -0.1) is 0 Å². The van der Waals surface area contributed by atoms with Gasteiger partial charge in [0.15, 0.2) is 0 Å². The number of pyridine rings is 1. The van der Waals surface area contributed by atoms with Crippen molar-refractivity contribution < 1.29 is 9.47 Å².